The number of rotatable bonds is 4. The smallest absolute Gasteiger partial charge is 0.256 e. The summed E-state index contributed by atoms with van der Waals surface area (Å²) >= 11 is 0. The maximum absolute atomic E-state index is 12.6. The minimum Gasteiger partial charge on any atom is -0.366 e. The topological polar surface area (TPSA) is 115 Å². The maximum Gasteiger partial charge on any atom is 0.256 e. The van der Waals surface area contributed by atoms with Crippen molar-refractivity contribution in [2.75, 3.05) is 5.32 Å². The lowest BCUT2D eigenvalue weighted by atomic mass is 9.99. The molecule has 0 atom stereocenters. The van der Waals surface area contributed by atoms with Gasteiger partial charge in [0.1, 0.15) is 0 Å². The van der Waals surface area contributed by atoms with Crippen molar-refractivity contribution in [2.24, 2.45) is 11.5 Å². The van der Waals surface area contributed by atoms with Gasteiger partial charge in [-0.25, -0.2) is 0 Å². The van der Waals surface area contributed by atoms with Crippen LogP contribution in [0, 0.1) is 20.8 Å². The van der Waals surface area contributed by atoms with Gasteiger partial charge in [0.2, 0.25) is 11.8 Å². The quantitative estimate of drug-likeness (QED) is 0.799. The molecule has 0 bridgehead atoms. The molecule has 5 N–H and O–H groups in total. The summed E-state index contributed by atoms with van der Waals surface area (Å²) in [5, 5.41) is 2.70. The Morgan fingerprint density at radius 1 is 0.792 bits per heavy atom. The first kappa shape index (κ1) is 17.2. The van der Waals surface area contributed by atoms with Gasteiger partial charge < -0.3 is 16.8 Å². The summed E-state index contributed by atoms with van der Waals surface area (Å²) in [6.45, 7) is 5.66. The molecule has 0 spiro atoms. The summed E-state index contributed by atoms with van der Waals surface area (Å²) in [6.07, 6.45) is 0. The van der Waals surface area contributed by atoms with E-state index < -0.39 is 11.8 Å². The van der Waals surface area contributed by atoms with Gasteiger partial charge in [0.15, 0.2) is 0 Å². The molecule has 6 nitrogen and oxygen atoms in total. The van der Waals surface area contributed by atoms with Gasteiger partial charge in [0, 0.05) is 22.4 Å². The number of carbonyl (C=O) groups excluding carboxylic acids is 3. The summed E-state index contributed by atoms with van der Waals surface area (Å²) in [5.41, 5.74) is 14.3. The predicted molar refractivity (Wildman–Crippen MR) is 92.1 cm³/mol. The molecule has 2 aromatic carbocycles. The van der Waals surface area contributed by atoms with Crippen molar-refractivity contribution in [1.82, 2.24) is 0 Å². The molecule has 24 heavy (non-hydrogen) atoms. The molecule has 0 saturated carbocycles. The number of nitrogens with two attached hydrogens (primary N) is 2. The van der Waals surface area contributed by atoms with Crippen LogP contribution in [0.4, 0.5) is 5.69 Å². The van der Waals surface area contributed by atoms with E-state index in [-0.39, 0.29) is 22.7 Å². The molecule has 2 aromatic rings. The van der Waals surface area contributed by atoms with E-state index in [1.165, 1.54) is 18.2 Å². The number of amides is 3. The molecule has 0 saturated heterocycles. The zero-order valence-corrected chi connectivity index (χ0v) is 13.8. The lowest BCUT2D eigenvalue weighted by molar-refractivity contribution is 0.0993. The fourth-order valence-electron chi connectivity index (χ4n) is 2.72. The molecule has 124 valence electrons. The third-order valence-electron chi connectivity index (χ3n) is 3.66. The van der Waals surface area contributed by atoms with Crippen molar-refractivity contribution in [2.45, 2.75) is 20.8 Å². The molecule has 0 aliphatic rings. The lowest BCUT2D eigenvalue weighted by Crippen LogP contribution is -2.19. The molecule has 0 aromatic heterocycles. The van der Waals surface area contributed by atoms with Gasteiger partial charge in [-0.05, 0) is 50.1 Å². The van der Waals surface area contributed by atoms with E-state index in [0.29, 0.717) is 5.56 Å². The second-order valence-electron chi connectivity index (χ2n) is 5.76. The normalized spacial score (nSPS) is 10.3. The Balaban J connectivity index is 2.42. The van der Waals surface area contributed by atoms with Crippen molar-refractivity contribution in [3.63, 3.8) is 0 Å². The Labute approximate surface area is 139 Å². The summed E-state index contributed by atoms with van der Waals surface area (Å²) in [4.78, 5) is 35.4. The van der Waals surface area contributed by atoms with Crippen LogP contribution in [0.2, 0.25) is 0 Å². The fourth-order valence-corrected chi connectivity index (χ4v) is 2.72. The highest BCUT2D eigenvalue weighted by Gasteiger charge is 2.15. The van der Waals surface area contributed by atoms with Crippen LogP contribution in [0.3, 0.4) is 0 Å². The van der Waals surface area contributed by atoms with E-state index in [1.54, 1.807) is 0 Å². The molecule has 0 heterocycles. The van der Waals surface area contributed by atoms with Crippen molar-refractivity contribution in [1.29, 1.82) is 0 Å². The van der Waals surface area contributed by atoms with Crippen molar-refractivity contribution >= 4 is 23.4 Å². The highest BCUT2D eigenvalue weighted by Crippen LogP contribution is 2.20. The van der Waals surface area contributed by atoms with Crippen LogP contribution in [-0.4, -0.2) is 17.7 Å². The van der Waals surface area contributed by atoms with E-state index >= 15 is 0 Å². The van der Waals surface area contributed by atoms with E-state index in [9.17, 15) is 14.4 Å². The molecular formula is C18H19N3O3. The number of nitrogens with one attached hydrogen (secondary N) is 1. The predicted octanol–water partition coefficient (Wildman–Crippen LogP) is 2.06. The number of anilines is 1. The zero-order valence-electron chi connectivity index (χ0n) is 13.8. The van der Waals surface area contributed by atoms with Crippen LogP contribution in [0.5, 0.6) is 0 Å². The van der Waals surface area contributed by atoms with Crippen LogP contribution in [0.15, 0.2) is 30.3 Å². The number of aryl methyl sites for hydroxylation is 3. The van der Waals surface area contributed by atoms with Gasteiger partial charge >= 0.3 is 0 Å². The second-order valence-corrected chi connectivity index (χ2v) is 5.76. The standard InChI is InChI=1S/C18H19N3O3/c1-9-4-10(2)15(11(3)5-9)18(24)21-14-7-12(16(19)22)6-13(8-14)17(20)23/h4-8H,1-3H3,(H2,19,22)(H2,20,23)(H,21,24). The number of hydrogen-bond donors (Lipinski definition) is 3. The Bertz CT molecular complexity index is 801. The number of hydrogen-bond acceptors (Lipinski definition) is 3. The second kappa shape index (κ2) is 6.54. The van der Waals surface area contributed by atoms with Crippen LogP contribution in [0.1, 0.15) is 47.8 Å². The molecular weight excluding hydrogens is 306 g/mol. The first-order valence-corrected chi connectivity index (χ1v) is 7.33. The molecule has 2 rings (SSSR count). The van der Waals surface area contributed by atoms with Crippen molar-refractivity contribution in [3.8, 4) is 0 Å². The summed E-state index contributed by atoms with van der Waals surface area (Å²) in [7, 11) is 0. The third-order valence-corrected chi connectivity index (χ3v) is 3.66. The first-order valence-electron chi connectivity index (χ1n) is 7.33. The Morgan fingerprint density at radius 3 is 1.67 bits per heavy atom. The highest BCUT2D eigenvalue weighted by molar-refractivity contribution is 6.08. The Hall–Kier alpha value is -3.15. The highest BCUT2D eigenvalue weighted by atomic mass is 16.2. The number of primary amides is 2. The van der Waals surface area contributed by atoms with E-state index in [1.807, 2.05) is 32.9 Å². The molecule has 0 aliphatic carbocycles. The largest absolute Gasteiger partial charge is 0.366 e. The van der Waals surface area contributed by atoms with E-state index in [2.05, 4.69) is 5.32 Å². The summed E-state index contributed by atoms with van der Waals surface area (Å²) < 4.78 is 0. The third kappa shape index (κ3) is 3.60. The first-order chi connectivity index (χ1) is 11.2. The van der Waals surface area contributed by atoms with Gasteiger partial charge in [-0.3, -0.25) is 14.4 Å². The number of carbonyl (C=O) groups is 3. The average molecular weight is 325 g/mol. The fraction of sp³-hybridized carbons (Fsp3) is 0.167. The molecule has 3 amide bonds. The Kier molecular flexibility index (Phi) is 4.69. The van der Waals surface area contributed by atoms with Crippen LogP contribution < -0.4 is 16.8 Å². The van der Waals surface area contributed by atoms with Gasteiger partial charge in [0.25, 0.3) is 5.91 Å². The number of benzene rings is 2. The maximum atomic E-state index is 12.6. The van der Waals surface area contributed by atoms with Gasteiger partial charge in [-0.2, -0.15) is 0 Å². The summed E-state index contributed by atoms with van der Waals surface area (Å²) in [5.74, 6) is -1.75. The van der Waals surface area contributed by atoms with Gasteiger partial charge in [-0.1, -0.05) is 17.7 Å². The van der Waals surface area contributed by atoms with E-state index in [0.717, 1.165) is 16.7 Å². The SMILES string of the molecule is Cc1cc(C)c(C(=O)Nc2cc(C(N)=O)cc(C(N)=O)c2)c(C)c1. The molecule has 0 unspecified atom stereocenters. The molecule has 0 fully saturated rings. The average Bonchev–Trinajstić information content (AvgIpc) is 2.45. The lowest BCUT2D eigenvalue weighted by Gasteiger charge is -2.13. The van der Waals surface area contributed by atoms with Crippen LogP contribution >= 0.6 is 0 Å². The molecule has 6 heteroatoms. The van der Waals surface area contributed by atoms with Gasteiger partial charge in [0.05, 0.1) is 0 Å². The molecule has 0 radical (unpaired) electrons. The minimum absolute atomic E-state index is 0.0963. The minimum atomic E-state index is -0.712. The van der Waals surface area contributed by atoms with Crippen molar-refractivity contribution in [3.05, 3.63) is 63.7 Å². The zero-order chi connectivity index (χ0) is 18.0. The van der Waals surface area contributed by atoms with Gasteiger partial charge in [-0.15, -0.1) is 0 Å². The molecule has 0 aliphatic heterocycles. The van der Waals surface area contributed by atoms with Crippen LogP contribution in [0.25, 0.3) is 0 Å². The summed E-state index contributed by atoms with van der Waals surface area (Å²) in [6, 6.07) is 7.94. The Morgan fingerprint density at radius 2 is 1.25 bits per heavy atom. The van der Waals surface area contributed by atoms with Crippen molar-refractivity contribution < 1.29 is 14.4 Å². The monoisotopic (exact) mass is 325 g/mol. The van der Waals surface area contributed by atoms with E-state index in [4.69, 9.17) is 11.5 Å². The van der Waals surface area contributed by atoms with Crippen LogP contribution in [-0.2, 0) is 0 Å².